The van der Waals surface area contributed by atoms with Crippen LogP contribution in [0.5, 0.6) is 5.75 Å². The van der Waals surface area contributed by atoms with E-state index in [1.54, 1.807) is 6.92 Å². The summed E-state index contributed by atoms with van der Waals surface area (Å²) in [5.41, 5.74) is -0.105. The Labute approximate surface area is 97.2 Å². The second-order valence-electron chi connectivity index (χ2n) is 3.16. The van der Waals surface area contributed by atoms with Gasteiger partial charge in [0, 0.05) is 5.56 Å². The summed E-state index contributed by atoms with van der Waals surface area (Å²) in [6.45, 7) is 3.24. The molecule has 1 aromatic carbocycles. The Hall–Kier alpha value is -1.16. The van der Waals surface area contributed by atoms with Gasteiger partial charge in [-0.25, -0.2) is 8.78 Å². The zero-order chi connectivity index (χ0) is 12.3. The Bertz CT molecular complexity index is 405. The van der Waals surface area contributed by atoms with Crippen LogP contribution in [-0.4, -0.2) is 12.4 Å². The van der Waals surface area contributed by atoms with Crippen LogP contribution < -0.4 is 4.74 Å². The van der Waals surface area contributed by atoms with Crippen LogP contribution in [0.1, 0.15) is 36.2 Å². The highest BCUT2D eigenvalue weighted by Crippen LogP contribution is 2.36. The normalized spacial score (nSPS) is 10.6. The third kappa shape index (κ3) is 2.70. The Balaban J connectivity index is 3.33. The van der Waals surface area contributed by atoms with E-state index in [0.717, 1.165) is 0 Å². The van der Waals surface area contributed by atoms with E-state index in [1.165, 1.54) is 19.1 Å². The Morgan fingerprint density at radius 3 is 2.56 bits per heavy atom. The average Bonchev–Trinajstić information content (AvgIpc) is 2.16. The minimum Gasteiger partial charge on any atom is -0.493 e. The van der Waals surface area contributed by atoms with E-state index in [1.807, 2.05) is 0 Å². The number of Topliss-reactive ketones (excluding diaryl/α,β-unsaturated/α-hetero) is 1. The number of hydrogen-bond donors (Lipinski definition) is 0. The molecule has 0 unspecified atom stereocenters. The number of ether oxygens (including phenoxy) is 1. The Kier molecular flexibility index (Phi) is 4.24. The molecule has 1 rings (SSSR count). The highest BCUT2D eigenvalue weighted by atomic mass is 35.5. The maximum atomic E-state index is 12.7. The number of benzene rings is 1. The fraction of sp³-hybridized carbons (Fsp3) is 0.364. The van der Waals surface area contributed by atoms with Crippen molar-refractivity contribution in [3.63, 3.8) is 0 Å². The lowest BCUT2D eigenvalue weighted by Crippen LogP contribution is -2.01. The van der Waals surface area contributed by atoms with Crippen molar-refractivity contribution in [1.82, 2.24) is 0 Å². The van der Waals surface area contributed by atoms with Crippen LogP contribution in [0.15, 0.2) is 12.1 Å². The molecule has 0 amide bonds. The molecule has 0 aliphatic carbocycles. The molecule has 0 fully saturated rings. The summed E-state index contributed by atoms with van der Waals surface area (Å²) in [5.74, 6) is -0.279. The summed E-state index contributed by atoms with van der Waals surface area (Å²) in [7, 11) is 0. The first-order chi connectivity index (χ1) is 7.47. The lowest BCUT2D eigenvalue weighted by Gasteiger charge is -2.12. The molecule has 0 aromatic heterocycles. The van der Waals surface area contributed by atoms with Crippen molar-refractivity contribution in [3.05, 3.63) is 28.3 Å². The molecule has 1 aromatic rings. The molecule has 5 heteroatoms. The van der Waals surface area contributed by atoms with Crippen molar-refractivity contribution in [2.24, 2.45) is 0 Å². The van der Waals surface area contributed by atoms with Gasteiger partial charge < -0.3 is 4.74 Å². The highest BCUT2D eigenvalue weighted by Gasteiger charge is 2.20. The molecule has 0 heterocycles. The number of carbonyl (C=O) groups is 1. The Morgan fingerprint density at radius 1 is 1.50 bits per heavy atom. The second-order valence-corrected chi connectivity index (χ2v) is 3.57. The summed E-state index contributed by atoms with van der Waals surface area (Å²) < 4.78 is 30.4. The quantitative estimate of drug-likeness (QED) is 0.756. The lowest BCUT2D eigenvalue weighted by molar-refractivity contribution is 0.101. The summed E-state index contributed by atoms with van der Waals surface area (Å²) >= 11 is 5.70. The molecule has 0 aliphatic rings. The maximum absolute atomic E-state index is 12.7. The van der Waals surface area contributed by atoms with E-state index in [4.69, 9.17) is 16.3 Å². The molecular formula is C11H11ClF2O2. The van der Waals surface area contributed by atoms with Gasteiger partial charge in [0.25, 0.3) is 6.43 Å². The summed E-state index contributed by atoms with van der Waals surface area (Å²) in [4.78, 5) is 11.1. The van der Waals surface area contributed by atoms with Gasteiger partial charge in [-0.3, -0.25) is 4.79 Å². The van der Waals surface area contributed by atoms with Gasteiger partial charge in [-0.2, -0.15) is 0 Å². The number of halogens is 3. The van der Waals surface area contributed by atoms with Gasteiger partial charge in [-0.05, 0) is 26.0 Å². The summed E-state index contributed by atoms with van der Waals surface area (Å²) in [6.07, 6.45) is -2.73. The van der Waals surface area contributed by atoms with Gasteiger partial charge in [-0.1, -0.05) is 11.6 Å². The molecule has 0 bridgehead atoms. The van der Waals surface area contributed by atoms with Crippen molar-refractivity contribution in [3.8, 4) is 5.75 Å². The minimum absolute atomic E-state index is 0.0322. The first-order valence-electron chi connectivity index (χ1n) is 4.72. The van der Waals surface area contributed by atoms with E-state index in [9.17, 15) is 13.6 Å². The van der Waals surface area contributed by atoms with Crippen LogP contribution in [0.4, 0.5) is 8.78 Å². The van der Waals surface area contributed by atoms with Crippen molar-refractivity contribution in [2.75, 3.05) is 6.61 Å². The van der Waals surface area contributed by atoms with Gasteiger partial charge in [0.1, 0.15) is 5.75 Å². The molecule has 16 heavy (non-hydrogen) atoms. The van der Waals surface area contributed by atoms with E-state index < -0.39 is 6.43 Å². The third-order valence-electron chi connectivity index (χ3n) is 2.02. The molecule has 0 N–H and O–H groups in total. The van der Waals surface area contributed by atoms with E-state index in [2.05, 4.69) is 0 Å². The molecule has 0 radical (unpaired) electrons. The number of carbonyl (C=O) groups excluding carboxylic acids is 1. The fourth-order valence-electron chi connectivity index (χ4n) is 1.28. The highest BCUT2D eigenvalue weighted by molar-refractivity contribution is 6.32. The number of alkyl halides is 2. The van der Waals surface area contributed by atoms with Gasteiger partial charge >= 0.3 is 0 Å². The van der Waals surface area contributed by atoms with E-state index in [0.29, 0.717) is 0 Å². The predicted octanol–water partition coefficient (Wildman–Crippen LogP) is 3.88. The largest absolute Gasteiger partial charge is 0.493 e. The molecule has 0 aliphatic heterocycles. The standard InChI is InChI=1S/C11H11ClF2O2/c1-3-16-9-5-7(6(2)15)4-8(12)10(9)11(13)14/h4-5,11H,3H2,1-2H3. The number of hydrogen-bond acceptors (Lipinski definition) is 2. The number of ketones is 1. The van der Waals surface area contributed by atoms with Crippen LogP contribution >= 0.6 is 11.6 Å². The monoisotopic (exact) mass is 248 g/mol. The molecule has 0 saturated heterocycles. The van der Waals surface area contributed by atoms with Crippen molar-refractivity contribution in [1.29, 1.82) is 0 Å². The van der Waals surface area contributed by atoms with E-state index >= 15 is 0 Å². The first-order valence-corrected chi connectivity index (χ1v) is 5.10. The first kappa shape index (κ1) is 12.9. The van der Waals surface area contributed by atoms with E-state index in [-0.39, 0.29) is 34.3 Å². The van der Waals surface area contributed by atoms with Crippen LogP contribution in [0.25, 0.3) is 0 Å². The average molecular weight is 249 g/mol. The molecule has 2 nitrogen and oxygen atoms in total. The van der Waals surface area contributed by atoms with Crippen molar-refractivity contribution < 1.29 is 18.3 Å². The topological polar surface area (TPSA) is 26.3 Å². The molecule has 0 spiro atoms. The van der Waals surface area contributed by atoms with Gasteiger partial charge in [-0.15, -0.1) is 0 Å². The molecular weight excluding hydrogens is 238 g/mol. The zero-order valence-electron chi connectivity index (χ0n) is 8.89. The smallest absolute Gasteiger partial charge is 0.268 e. The fourth-order valence-corrected chi connectivity index (χ4v) is 1.58. The number of rotatable bonds is 4. The van der Waals surface area contributed by atoms with Crippen molar-refractivity contribution in [2.45, 2.75) is 20.3 Å². The zero-order valence-corrected chi connectivity index (χ0v) is 9.65. The lowest BCUT2D eigenvalue weighted by atomic mass is 10.1. The van der Waals surface area contributed by atoms with Crippen LogP contribution in [0.2, 0.25) is 5.02 Å². The van der Waals surface area contributed by atoms with Crippen LogP contribution in [0, 0.1) is 0 Å². The summed E-state index contributed by atoms with van der Waals surface area (Å²) in [6, 6.07) is 2.52. The van der Waals surface area contributed by atoms with Crippen LogP contribution in [0.3, 0.4) is 0 Å². The predicted molar refractivity (Wildman–Crippen MR) is 57.6 cm³/mol. The van der Waals surface area contributed by atoms with Gasteiger partial charge in [0.2, 0.25) is 0 Å². The second kappa shape index (κ2) is 5.25. The third-order valence-corrected chi connectivity index (χ3v) is 2.33. The molecule has 88 valence electrons. The maximum Gasteiger partial charge on any atom is 0.268 e. The summed E-state index contributed by atoms with van der Waals surface area (Å²) in [5, 5.41) is -0.147. The molecule has 0 saturated carbocycles. The van der Waals surface area contributed by atoms with Gasteiger partial charge in [0.05, 0.1) is 17.2 Å². The van der Waals surface area contributed by atoms with Crippen LogP contribution in [-0.2, 0) is 0 Å². The minimum atomic E-state index is -2.73. The Morgan fingerprint density at radius 2 is 2.12 bits per heavy atom. The molecule has 0 atom stereocenters. The van der Waals surface area contributed by atoms with Gasteiger partial charge in [0.15, 0.2) is 5.78 Å². The SMILES string of the molecule is CCOc1cc(C(C)=O)cc(Cl)c1C(F)F. The van der Waals surface area contributed by atoms with Crippen molar-refractivity contribution >= 4 is 17.4 Å².